The molecular weight excluding hydrogens is 207 g/mol. The Morgan fingerprint density at radius 3 is 2.60 bits per heavy atom. The second-order valence-electron chi connectivity index (χ2n) is 3.43. The van der Waals surface area contributed by atoms with Crippen LogP contribution >= 0.6 is 0 Å². The van der Waals surface area contributed by atoms with Crippen molar-refractivity contribution in [2.75, 3.05) is 0 Å². The molecule has 1 atom stereocenters. The van der Waals surface area contributed by atoms with Gasteiger partial charge in [0.05, 0.1) is 0 Å². The van der Waals surface area contributed by atoms with Crippen molar-refractivity contribution in [3.63, 3.8) is 0 Å². The summed E-state index contributed by atoms with van der Waals surface area (Å²) in [7, 11) is 0. The van der Waals surface area contributed by atoms with Crippen LogP contribution < -0.4 is 5.32 Å². The zero-order chi connectivity index (χ0) is 11.1. The molecule has 0 spiro atoms. The SMILES string of the molecule is O=C1NC(C(F)(F)F)Cc2ccccc21. The van der Waals surface area contributed by atoms with Gasteiger partial charge in [-0.25, -0.2) is 0 Å². The monoisotopic (exact) mass is 215 g/mol. The highest BCUT2D eigenvalue weighted by molar-refractivity contribution is 5.97. The predicted molar refractivity (Wildman–Crippen MR) is 47.5 cm³/mol. The van der Waals surface area contributed by atoms with Gasteiger partial charge in [0.1, 0.15) is 6.04 Å². The van der Waals surface area contributed by atoms with Crippen LogP contribution in [0.2, 0.25) is 0 Å². The summed E-state index contributed by atoms with van der Waals surface area (Å²) in [6.07, 6.45) is -4.57. The van der Waals surface area contributed by atoms with Crippen molar-refractivity contribution >= 4 is 5.91 Å². The van der Waals surface area contributed by atoms with Crippen LogP contribution in [-0.2, 0) is 6.42 Å². The van der Waals surface area contributed by atoms with Gasteiger partial charge in [-0.2, -0.15) is 13.2 Å². The number of carbonyl (C=O) groups is 1. The van der Waals surface area contributed by atoms with Crippen LogP contribution in [0.25, 0.3) is 0 Å². The van der Waals surface area contributed by atoms with Crippen LogP contribution in [0.1, 0.15) is 15.9 Å². The van der Waals surface area contributed by atoms with Crippen molar-refractivity contribution in [1.29, 1.82) is 0 Å². The molecule has 2 nitrogen and oxygen atoms in total. The molecule has 1 aromatic rings. The fraction of sp³-hybridized carbons (Fsp3) is 0.300. The standard InChI is InChI=1S/C10H8F3NO/c11-10(12,13)8-5-6-3-1-2-4-7(6)9(15)14-8/h1-4,8H,5H2,(H,14,15). The zero-order valence-electron chi connectivity index (χ0n) is 7.64. The summed E-state index contributed by atoms with van der Waals surface area (Å²) in [4.78, 5) is 11.3. The molecular formula is C10H8F3NO. The summed E-state index contributed by atoms with van der Waals surface area (Å²) in [6.45, 7) is 0. The third-order valence-electron chi connectivity index (χ3n) is 2.39. The van der Waals surface area contributed by atoms with Crippen LogP contribution in [0.4, 0.5) is 13.2 Å². The number of carbonyl (C=O) groups excluding carboxylic acids is 1. The number of hydrogen-bond acceptors (Lipinski definition) is 1. The van der Waals surface area contributed by atoms with Gasteiger partial charge in [-0.15, -0.1) is 0 Å². The third kappa shape index (κ3) is 1.82. The lowest BCUT2D eigenvalue weighted by Gasteiger charge is -2.27. The van der Waals surface area contributed by atoms with E-state index in [0.717, 1.165) is 0 Å². The van der Waals surface area contributed by atoms with E-state index in [0.29, 0.717) is 11.1 Å². The number of rotatable bonds is 0. The van der Waals surface area contributed by atoms with Gasteiger partial charge in [-0.05, 0) is 11.6 Å². The lowest BCUT2D eigenvalue weighted by atomic mass is 9.95. The molecule has 0 aliphatic carbocycles. The van der Waals surface area contributed by atoms with E-state index in [1.54, 1.807) is 18.2 Å². The summed E-state index contributed by atoms with van der Waals surface area (Å²) < 4.78 is 37.2. The molecule has 15 heavy (non-hydrogen) atoms. The number of fused-ring (bicyclic) bond motifs is 1. The Bertz CT molecular complexity index is 400. The second kappa shape index (κ2) is 3.25. The first-order chi connectivity index (χ1) is 6.98. The lowest BCUT2D eigenvalue weighted by molar-refractivity contribution is -0.153. The molecule has 1 N–H and O–H groups in total. The number of amides is 1. The Balaban J connectivity index is 2.35. The van der Waals surface area contributed by atoms with Crippen molar-refractivity contribution in [1.82, 2.24) is 5.32 Å². The van der Waals surface area contributed by atoms with Crippen molar-refractivity contribution in [2.24, 2.45) is 0 Å². The van der Waals surface area contributed by atoms with E-state index in [2.05, 4.69) is 0 Å². The lowest BCUT2D eigenvalue weighted by Crippen LogP contribution is -2.50. The van der Waals surface area contributed by atoms with Gasteiger partial charge in [-0.1, -0.05) is 18.2 Å². The van der Waals surface area contributed by atoms with Crippen LogP contribution in [0.3, 0.4) is 0 Å². The highest BCUT2D eigenvalue weighted by atomic mass is 19.4. The van der Waals surface area contributed by atoms with Gasteiger partial charge in [0.25, 0.3) is 5.91 Å². The minimum absolute atomic E-state index is 0.189. The summed E-state index contributed by atoms with van der Waals surface area (Å²) in [5.74, 6) is -0.654. The van der Waals surface area contributed by atoms with Crippen LogP contribution in [0.5, 0.6) is 0 Å². The molecule has 0 saturated carbocycles. The summed E-state index contributed by atoms with van der Waals surface area (Å²) in [6, 6.07) is 4.57. The van der Waals surface area contributed by atoms with Gasteiger partial charge in [-0.3, -0.25) is 4.79 Å². The Morgan fingerprint density at radius 2 is 1.93 bits per heavy atom. The Hall–Kier alpha value is -1.52. The smallest absolute Gasteiger partial charge is 0.340 e. The largest absolute Gasteiger partial charge is 0.408 e. The zero-order valence-corrected chi connectivity index (χ0v) is 7.64. The molecule has 0 fully saturated rings. The average Bonchev–Trinajstić information content (AvgIpc) is 2.16. The van der Waals surface area contributed by atoms with Gasteiger partial charge >= 0.3 is 6.18 Å². The van der Waals surface area contributed by atoms with Crippen molar-refractivity contribution in [2.45, 2.75) is 18.6 Å². The predicted octanol–water partition coefficient (Wildman–Crippen LogP) is 1.90. The fourth-order valence-corrected chi connectivity index (χ4v) is 1.62. The van der Waals surface area contributed by atoms with Crippen molar-refractivity contribution in [3.05, 3.63) is 35.4 Å². The normalized spacial score (nSPS) is 20.7. The number of alkyl halides is 3. The molecule has 1 aromatic carbocycles. The Labute approximate surface area is 84.1 Å². The molecule has 1 aliphatic heterocycles. The summed E-state index contributed by atoms with van der Waals surface area (Å²) in [5, 5.41) is 1.95. The first-order valence-electron chi connectivity index (χ1n) is 4.44. The maximum Gasteiger partial charge on any atom is 0.408 e. The van der Waals surface area contributed by atoms with E-state index in [9.17, 15) is 18.0 Å². The van der Waals surface area contributed by atoms with Crippen molar-refractivity contribution in [3.8, 4) is 0 Å². The minimum Gasteiger partial charge on any atom is -0.340 e. The number of halogens is 3. The van der Waals surface area contributed by atoms with E-state index in [-0.39, 0.29) is 6.42 Å². The minimum atomic E-state index is -4.39. The molecule has 1 aliphatic rings. The van der Waals surface area contributed by atoms with Gasteiger partial charge < -0.3 is 5.32 Å². The van der Waals surface area contributed by atoms with Gasteiger partial charge in [0, 0.05) is 12.0 Å². The van der Waals surface area contributed by atoms with Crippen LogP contribution in [0.15, 0.2) is 24.3 Å². The number of hydrogen-bond donors (Lipinski definition) is 1. The quantitative estimate of drug-likeness (QED) is 0.703. The molecule has 5 heteroatoms. The van der Waals surface area contributed by atoms with E-state index in [1.807, 2.05) is 5.32 Å². The number of benzene rings is 1. The topological polar surface area (TPSA) is 29.1 Å². The Kier molecular flexibility index (Phi) is 2.17. The van der Waals surface area contributed by atoms with E-state index in [4.69, 9.17) is 0 Å². The van der Waals surface area contributed by atoms with E-state index < -0.39 is 18.1 Å². The highest BCUT2D eigenvalue weighted by Gasteiger charge is 2.43. The highest BCUT2D eigenvalue weighted by Crippen LogP contribution is 2.27. The molecule has 0 radical (unpaired) electrons. The van der Waals surface area contributed by atoms with E-state index >= 15 is 0 Å². The molecule has 0 saturated heterocycles. The van der Waals surface area contributed by atoms with Crippen LogP contribution in [-0.4, -0.2) is 18.1 Å². The Morgan fingerprint density at radius 1 is 1.27 bits per heavy atom. The molecule has 1 amide bonds. The van der Waals surface area contributed by atoms with E-state index in [1.165, 1.54) is 6.07 Å². The molecule has 0 bridgehead atoms. The first kappa shape index (κ1) is 10.0. The molecule has 1 heterocycles. The number of nitrogens with one attached hydrogen (secondary N) is 1. The fourth-order valence-electron chi connectivity index (χ4n) is 1.62. The molecule has 2 rings (SSSR count). The third-order valence-corrected chi connectivity index (χ3v) is 2.39. The van der Waals surface area contributed by atoms with Crippen LogP contribution in [0, 0.1) is 0 Å². The van der Waals surface area contributed by atoms with Gasteiger partial charge in [0.2, 0.25) is 0 Å². The summed E-state index contributed by atoms with van der Waals surface area (Å²) in [5.41, 5.74) is 0.779. The molecule has 1 unspecified atom stereocenters. The maximum atomic E-state index is 12.4. The van der Waals surface area contributed by atoms with Gasteiger partial charge in [0.15, 0.2) is 0 Å². The maximum absolute atomic E-state index is 12.4. The second-order valence-corrected chi connectivity index (χ2v) is 3.43. The first-order valence-corrected chi connectivity index (χ1v) is 4.44. The molecule has 0 aromatic heterocycles. The summed E-state index contributed by atoms with van der Waals surface area (Å²) >= 11 is 0. The average molecular weight is 215 g/mol. The molecule has 80 valence electrons. The van der Waals surface area contributed by atoms with Crippen molar-refractivity contribution < 1.29 is 18.0 Å².